The van der Waals surface area contributed by atoms with E-state index in [1.807, 2.05) is 0 Å². The second-order valence-corrected chi connectivity index (χ2v) is 5.21. The SMILES string of the molecule is Cc1nc(OC2CCC(=O)CC2)c(C(=O)[O-])s1.[Li+]. The Bertz CT molecular complexity index is 450. The van der Waals surface area contributed by atoms with E-state index in [9.17, 15) is 14.7 Å². The van der Waals surface area contributed by atoms with E-state index in [4.69, 9.17) is 4.74 Å². The molecule has 1 aromatic heterocycles. The van der Waals surface area contributed by atoms with Crippen LogP contribution in [0.2, 0.25) is 0 Å². The smallest absolute Gasteiger partial charge is 0.544 e. The first-order valence-corrected chi connectivity index (χ1v) is 6.25. The maximum Gasteiger partial charge on any atom is 1.00 e. The fourth-order valence-corrected chi connectivity index (χ4v) is 2.49. The summed E-state index contributed by atoms with van der Waals surface area (Å²) in [6, 6.07) is 0. The number of Topliss-reactive ketones (excluding diaryl/α,β-unsaturated/α-hetero) is 1. The molecule has 5 nitrogen and oxygen atoms in total. The van der Waals surface area contributed by atoms with E-state index in [1.165, 1.54) is 0 Å². The van der Waals surface area contributed by atoms with Crippen molar-refractivity contribution in [1.29, 1.82) is 0 Å². The minimum absolute atomic E-state index is 0. The van der Waals surface area contributed by atoms with Crippen LogP contribution >= 0.6 is 11.3 Å². The molecule has 0 aromatic carbocycles. The quantitative estimate of drug-likeness (QED) is 0.572. The minimum atomic E-state index is -1.27. The number of carbonyl (C=O) groups is 2. The summed E-state index contributed by atoms with van der Waals surface area (Å²) in [5, 5.41) is 11.5. The van der Waals surface area contributed by atoms with Crippen molar-refractivity contribution in [2.75, 3.05) is 0 Å². The maximum absolute atomic E-state index is 11.1. The normalized spacial score (nSPS) is 16.2. The first kappa shape index (κ1) is 15.2. The summed E-state index contributed by atoms with van der Waals surface area (Å²) >= 11 is 1.05. The summed E-state index contributed by atoms with van der Waals surface area (Å²) < 4.78 is 5.54. The van der Waals surface area contributed by atoms with Gasteiger partial charge in [0, 0.05) is 12.8 Å². The van der Waals surface area contributed by atoms with Crippen LogP contribution in [0, 0.1) is 6.92 Å². The van der Waals surface area contributed by atoms with Crippen molar-refractivity contribution < 1.29 is 38.3 Å². The van der Waals surface area contributed by atoms with E-state index in [-0.39, 0.29) is 41.5 Å². The molecule has 0 radical (unpaired) electrons. The van der Waals surface area contributed by atoms with E-state index in [0.717, 1.165) is 11.3 Å². The molecule has 92 valence electrons. The van der Waals surface area contributed by atoms with Gasteiger partial charge in [0.2, 0.25) is 5.88 Å². The van der Waals surface area contributed by atoms with Gasteiger partial charge in [-0.15, -0.1) is 11.3 Å². The molecule has 0 bridgehead atoms. The van der Waals surface area contributed by atoms with Gasteiger partial charge in [0.15, 0.2) is 0 Å². The van der Waals surface area contributed by atoms with Gasteiger partial charge in [0.25, 0.3) is 0 Å². The molecule has 0 atom stereocenters. The Kier molecular flexibility index (Phi) is 5.39. The zero-order chi connectivity index (χ0) is 12.4. The van der Waals surface area contributed by atoms with Gasteiger partial charge in [0.1, 0.15) is 16.8 Å². The zero-order valence-electron chi connectivity index (χ0n) is 10.4. The standard InChI is InChI=1S/C11H13NO4S.Li/c1-6-12-10(9(17-6)11(14)15)16-8-4-2-7(13)3-5-8;/h8H,2-5H2,1H3,(H,14,15);/q;+1/p-1. The van der Waals surface area contributed by atoms with E-state index < -0.39 is 5.97 Å². The molecule has 1 heterocycles. The van der Waals surface area contributed by atoms with Crippen molar-refractivity contribution in [2.24, 2.45) is 0 Å². The van der Waals surface area contributed by atoms with Gasteiger partial charge in [-0.3, -0.25) is 4.79 Å². The Hall–Kier alpha value is -0.833. The van der Waals surface area contributed by atoms with Crippen molar-refractivity contribution in [3.8, 4) is 5.88 Å². The molecule has 18 heavy (non-hydrogen) atoms. The van der Waals surface area contributed by atoms with Gasteiger partial charge in [-0.1, -0.05) is 0 Å². The summed E-state index contributed by atoms with van der Waals surface area (Å²) in [4.78, 5) is 26.0. The maximum atomic E-state index is 11.1. The van der Waals surface area contributed by atoms with E-state index in [1.54, 1.807) is 6.92 Å². The number of thiazole rings is 1. The third-order valence-corrected chi connectivity index (χ3v) is 3.59. The van der Waals surface area contributed by atoms with Crippen LogP contribution in [0.4, 0.5) is 0 Å². The van der Waals surface area contributed by atoms with Crippen LogP contribution in [0.5, 0.6) is 5.88 Å². The second kappa shape index (κ2) is 6.37. The number of hydrogen-bond donors (Lipinski definition) is 0. The number of aromatic nitrogens is 1. The third-order valence-electron chi connectivity index (χ3n) is 2.66. The molecule has 1 aliphatic rings. The average molecular weight is 261 g/mol. The molecular formula is C11H12LiNO4S. The summed E-state index contributed by atoms with van der Waals surface area (Å²) in [6.45, 7) is 1.72. The van der Waals surface area contributed by atoms with Crippen LogP contribution in [0.1, 0.15) is 40.4 Å². The van der Waals surface area contributed by atoms with Crippen molar-refractivity contribution in [3.05, 3.63) is 9.88 Å². The summed E-state index contributed by atoms with van der Waals surface area (Å²) in [7, 11) is 0. The molecule has 0 aliphatic heterocycles. The largest absolute Gasteiger partial charge is 1.00 e. The van der Waals surface area contributed by atoms with Crippen molar-refractivity contribution >= 4 is 23.1 Å². The third kappa shape index (κ3) is 3.58. The molecule has 0 amide bonds. The molecule has 1 saturated carbocycles. The van der Waals surface area contributed by atoms with E-state index in [2.05, 4.69) is 4.98 Å². The number of ketones is 1. The molecule has 0 N–H and O–H groups in total. The molecule has 7 heteroatoms. The van der Waals surface area contributed by atoms with E-state index >= 15 is 0 Å². The predicted octanol–water partition coefficient (Wildman–Crippen LogP) is -2.29. The molecule has 0 spiro atoms. The number of carboxylic acids is 1. The van der Waals surface area contributed by atoms with Crippen LogP contribution in [0.25, 0.3) is 0 Å². The Morgan fingerprint density at radius 2 is 2.06 bits per heavy atom. The molecule has 1 fully saturated rings. The molecule has 0 unspecified atom stereocenters. The summed E-state index contributed by atoms with van der Waals surface area (Å²) in [5.74, 6) is -0.899. The summed E-state index contributed by atoms with van der Waals surface area (Å²) in [5.41, 5.74) is 0. The fourth-order valence-electron chi connectivity index (χ4n) is 1.81. The Labute approximate surface area is 121 Å². The number of hydrogen-bond acceptors (Lipinski definition) is 6. The first-order valence-electron chi connectivity index (χ1n) is 5.43. The van der Waals surface area contributed by atoms with Gasteiger partial charge in [-0.25, -0.2) is 4.98 Å². The van der Waals surface area contributed by atoms with Crippen LogP contribution in [-0.2, 0) is 4.79 Å². The van der Waals surface area contributed by atoms with Gasteiger partial charge < -0.3 is 14.6 Å². The number of nitrogens with zero attached hydrogens (tertiary/aromatic N) is 1. The monoisotopic (exact) mass is 261 g/mol. The van der Waals surface area contributed by atoms with Crippen molar-refractivity contribution in [1.82, 2.24) is 4.98 Å². The van der Waals surface area contributed by atoms with E-state index in [0.29, 0.717) is 30.7 Å². The van der Waals surface area contributed by atoms with Gasteiger partial charge >= 0.3 is 18.9 Å². The van der Waals surface area contributed by atoms with Crippen LogP contribution in [0.15, 0.2) is 0 Å². The number of carboxylic acid groups (broad SMARTS) is 1. The topological polar surface area (TPSA) is 79.3 Å². The summed E-state index contributed by atoms with van der Waals surface area (Å²) in [6.07, 6.45) is 2.12. The molecule has 1 aliphatic carbocycles. The Balaban J connectivity index is 0.00000162. The number of aryl methyl sites for hydroxylation is 1. The average Bonchev–Trinajstić information content (AvgIpc) is 2.63. The molecule has 0 saturated heterocycles. The van der Waals surface area contributed by atoms with Crippen LogP contribution < -0.4 is 28.7 Å². The number of carbonyl (C=O) groups excluding carboxylic acids is 2. The van der Waals surface area contributed by atoms with Crippen molar-refractivity contribution in [3.63, 3.8) is 0 Å². The predicted molar refractivity (Wildman–Crippen MR) is 59.1 cm³/mol. The Morgan fingerprint density at radius 3 is 2.61 bits per heavy atom. The number of ether oxygens (including phenoxy) is 1. The zero-order valence-corrected chi connectivity index (χ0v) is 11.2. The number of aromatic carboxylic acids is 1. The first-order chi connectivity index (χ1) is 8.06. The molecular weight excluding hydrogens is 249 g/mol. The Morgan fingerprint density at radius 1 is 1.44 bits per heavy atom. The molecule has 1 aromatic rings. The second-order valence-electron chi connectivity index (χ2n) is 4.01. The van der Waals surface area contributed by atoms with Crippen LogP contribution in [0.3, 0.4) is 0 Å². The molecule has 2 rings (SSSR count). The minimum Gasteiger partial charge on any atom is -0.544 e. The fraction of sp³-hybridized carbons (Fsp3) is 0.545. The van der Waals surface area contributed by atoms with Crippen molar-refractivity contribution in [2.45, 2.75) is 38.7 Å². The van der Waals surface area contributed by atoms with Crippen LogP contribution in [-0.4, -0.2) is 22.8 Å². The number of rotatable bonds is 3. The van der Waals surface area contributed by atoms with Gasteiger partial charge in [-0.2, -0.15) is 0 Å². The van der Waals surface area contributed by atoms with Gasteiger partial charge in [-0.05, 0) is 19.8 Å². The van der Waals surface area contributed by atoms with Gasteiger partial charge in [0.05, 0.1) is 11.0 Å².